The van der Waals surface area contributed by atoms with Gasteiger partial charge in [-0.3, -0.25) is 4.79 Å². The average Bonchev–Trinajstić information content (AvgIpc) is 3.14. The zero-order valence-corrected chi connectivity index (χ0v) is 16.2. The van der Waals surface area contributed by atoms with E-state index in [9.17, 15) is 9.18 Å². The Bertz CT molecular complexity index is 934. The van der Waals surface area contributed by atoms with Crippen molar-refractivity contribution in [3.05, 3.63) is 66.1 Å². The van der Waals surface area contributed by atoms with Crippen LogP contribution in [0.15, 0.2) is 54.6 Å². The molecule has 28 heavy (non-hydrogen) atoms. The standard InChI is InChI=1S/C21H23FN4O2/c1-25(2)13-12-23-21(27)20-14-19(15-4-6-16(22)7-5-15)24-26(20)17-8-10-18(28-3)11-9-17/h4-11,14H,12-13H2,1-3H3,(H,23,27)/p+1. The van der Waals surface area contributed by atoms with Crippen molar-refractivity contribution in [3.63, 3.8) is 0 Å². The molecule has 0 unspecified atom stereocenters. The highest BCUT2D eigenvalue weighted by molar-refractivity contribution is 5.94. The van der Waals surface area contributed by atoms with Gasteiger partial charge in [-0.05, 0) is 54.6 Å². The fourth-order valence-corrected chi connectivity index (χ4v) is 2.74. The van der Waals surface area contributed by atoms with E-state index in [4.69, 9.17) is 4.74 Å². The molecule has 2 aromatic carbocycles. The van der Waals surface area contributed by atoms with Crippen LogP contribution in [0.5, 0.6) is 5.75 Å². The summed E-state index contributed by atoms with van der Waals surface area (Å²) in [5.74, 6) is 0.190. The van der Waals surface area contributed by atoms with E-state index < -0.39 is 0 Å². The van der Waals surface area contributed by atoms with Crippen molar-refractivity contribution in [3.8, 4) is 22.7 Å². The Hall–Kier alpha value is -3.19. The third-order valence-corrected chi connectivity index (χ3v) is 4.31. The number of carbonyl (C=O) groups is 1. The maximum absolute atomic E-state index is 13.3. The molecule has 7 heteroatoms. The zero-order valence-electron chi connectivity index (χ0n) is 16.2. The maximum Gasteiger partial charge on any atom is 0.270 e. The van der Waals surface area contributed by atoms with Crippen LogP contribution in [0, 0.1) is 5.82 Å². The van der Waals surface area contributed by atoms with Gasteiger partial charge in [0.2, 0.25) is 0 Å². The number of ether oxygens (including phenoxy) is 1. The SMILES string of the molecule is COc1ccc(-n2nc(-c3ccc(F)cc3)cc2C(=O)NCC[NH+](C)C)cc1. The molecule has 0 fully saturated rings. The van der Waals surface area contributed by atoms with Gasteiger partial charge in [-0.25, -0.2) is 9.07 Å². The highest BCUT2D eigenvalue weighted by atomic mass is 19.1. The van der Waals surface area contributed by atoms with Crippen molar-refractivity contribution in [1.82, 2.24) is 15.1 Å². The number of nitrogens with zero attached hydrogens (tertiary/aromatic N) is 2. The van der Waals surface area contributed by atoms with Gasteiger partial charge in [0.1, 0.15) is 17.3 Å². The molecule has 0 aliphatic carbocycles. The van der Waals surface area contributed by atoms with Crippen LogP contribution in [0.2, 0.25) is 0 Å². The second-order valence-electron chi connectivity index (χ2n) is 6.74. The number of nitrogens with one attached hydrogen (secondary N) is 2. The number of hydrogen-bond acceptors (Lipinski definition) is 3. The van der Waals surface area contributed by atoms with Gasteiger partial charge in [0.15, 0.2) is 0 Å². The van der Waals surface area contributed by atoms with E-state index >= 15 is 0 Å². The first kappa shape index (κ1) is 19.6. The first-order valence-electron chi connectivity index (χ1n) is 9.05. The summed E-state index contributed by atoms with van der Waals surface area (Å²) in [7, 11) is 5.65. The molecule has 6 nitrogen and oxygen atoms in total. The number of halogens is 1. The minimum Gasteiger partial charge on any atom is -0.497 e. The van der Waals surface area contributed by atoms with Gasteiger partial charge >= 0.3 is 0 Å². The number of aromatic nitrogens is 2. The summed E-state index contributed by atoms with van der Waals surface area (Å²) in [6, 6.07) is 15.1. The topological polar surface area (TPSA) is 60.6 Å². The lowest BCUT2D eigenvalue weighted by Crippen LogP contribution is -3.06. The van der Waals surface area contributed by atoms with E-state index in [-0.39, 0.29) is 11.7 Å². The van der Waals surface area contributed by atoms with E-state index in [1.54, 1.807) is 30.0 Å². The number of rotatable bonds is 7. The maximum atomic E-state index is 13.3. The number of likely N-dealkylation sites (N-methyl/N-ethyl adjacent to an activating group) is 1. The predicted octanol–water partition coefficient (Wildman–Crippen LogP) is 1.56. The lowest BCUT2D eigenvalue weighted by molar-refractivity contribution is -0.856. The molecule has 0 saturated carbocycles. The van der Waals surface area contributed by atoms with E-state index in [2.05, 4.69) is 10.4 Å². The Labute approximate surface area is 163 Å². The van der Waals surface area contributed by atoms with Crippen molar-refractivity contribution >= 4 is 5.91 Å². The number of hydrogen-bond donors (Lipinski definition) is 2. The van der Waals surface area contributed by atoms with Gasteiger partial charge in [0.05, 0.1) is 45.7 Å². The molecule has 0 aliphatic rings. The first-order valence-corrected chi connectivity index (χ1v) is 9.05. The van der Waals surface area contributed by atoms with Crippen LogP contribution < -0.4 is 15.0 Å². The van der Waals surface area contributed by atoms with E-state index in [1.807, 2.05) is 38.4 Å². The summed E-state index contributed by atoms with van der Waals surface area (Å²) in [6.45, 7) is 1.37. The second-order valence-corrected chi connectivity index (χ2v) is 6.74. The monoisotopic (exact) mass is 383 g/mol. The van der Waals surface area contributed by atoms with Crippen molar-refractivity contribution in [2.45, 2.75) is 0 Å². The largest absolute Gasteiger partial charge is 0.497 e. The summed E-state index contributed by atoms with van der Waals surface area (Å²) >= 11 is 0. The van der Waals surface area contributed by atoms with E-state index in [0.717, 1.165) is 23.5 Å². The molecular weight excluding hydrogens is 359 g/mol. The number of carbonyl (C=O) groups excluding carboxylic acids is 1. The molecule has 0 atom stereocenters. The van der Waals surface area contributed by atoms with Crippen molar-refractivity contribution in [2.75, 3.05) is 34.3 Å². The Balaban J connectivity index is 1.97. The van der Waals surface area contributed by atoms with Crippen molar-refractivity contribution in [1.29, 1.82) is 0 Å². The van der Waals surface area contributed by atoms with Crippen LogP contribution in [0.4, 0.5) is 4.39 Å². The molecule has 2 N–H and O–H groups in total. The summed E-state index contributed by atoms with van der Waals surface area (Å²) in [4.78, 5) is 14.0. The Morgan fingerprint density at radius 3 is 2.43 bits per heavy atom. The summed E-state index contributed by atoms with van der Waals surface area (Å²) in [5, 5.41) is 7.52. The molecule has 0 spiro atoms. The van der Waals surface area contributed by atoms with Crippen molar-refractivity contribution in [2.24, 2.45) is 0 Å². The highest BCUT2D eigenvalue weighted by Crippen LogP contribution is 2.23. The van der Waals surface area contributed by atoms with Crippen LogP contribution in [0.25, 0.3) is 16.9 Å². The van der Waals surface area contributed by atoms with Gasteiger partial charge < -0.3 is 15.0 Å². The first-order chi connectivity index (χ1) is 13.5. The molecule has 1 aromatic heterocycles. The molecule has 3 aromatic rings. The third-order valence-electron chi connectivity index (χ3n) is 4.31. The fraction of sp³-hybridized carbons (Fsp3) is 0.238. The second kappa shape index (κ2) is 8.67. The van der Waals surface area contributed by atoms with Crippen LogP contribution in [0.3, 0.4) is 0 Å². The third kappa shape index (κ3) is 4.55. The molecule has 1 amide bonds. The van der Waals surface area contributed by atoms with Crippen LogP contribution in [-0.4, -0.2) is 50.0 Å². The van der Waals surface area contributed by atoms with Crippen molar-refractivity contribution < 1.29 is 18.8 Å². The lowest BCUT2D eigenvalue weighted by atomic mass is 10.1. The van der Waals surface area contributed by atoms with Gasteiger partial charge in [-0.2, -0.15) is 5.10 Å². The quantitative estimate of drug-likeness (QED) is 0.651. The fourth-order valence-electron chi connectivity index (χ4n) is 2.74. The Kier molecular flexibility index (Phi) is 6.06. The smallest absolute Gasteiger partial charge is 0.270 e. The van der Waals surface area contributed by atoms with Gasteiger partial charge in [-0.15, -0.1) is 0 Å². The highest BCUT2D eigenvalue weighted by Gasteiger charge is 2.18. The minimum atomic E-state index is -0.317. The molecule has 0 saturated heterocycles. The van der Waals surface area contributed by atoms with Crippen LogP contribution in [0.1, 0.15) is 10.5 Å². The number of quaternary nitrogens is 1. The van der Waals surface area contributed by atoms with E-state index in [1.165, 1.54) is 17.0 Å². The molecule has 0 radical (unpaired) electrons. The minimum absolute atomic E-state index is 0.210. The predicted molar refractivity (Wildman–Crippen MR) is 106 cm³/mol. The zero-order chi connectivity index (χ0) is 20.1. The molecule has 1 heterocycles. The number of methoxy groups -OCH3 is 1. The molecular formula is C21H24FN4O2+. The molecule has 0 bridgehead atoms. The average molecular weight is 383 g/mol. The summed E-state index contributed by atoms with van der Waals surface area (Å²) < 4.78 is 20.0. The Morgan fingerprint density at radius 1 is 1.14 bits per heavy atom. The summed E-state index contributed by atoms with van der Waals surface area (Å²) in [6.07, 6.45) is 0. The lowest BCUT2D eigenvalue weighted by Gasteiger charge is -2.10. The number of benzene rings is 2. The molecule has 3 rings (SSSR count). The number of amides is 1. The summed E-state index contributed by atoms with van der Waals surface area (Å²) in [5.41, 5.74) is 2.48. The molecule has 0 aliphatic heterocycles. The van der Waals surface area contributed by atoms with Crippen LogP contribution in [-0.2, 0) is 0 Å². The van der Waals surface area contributed by atoms with Gasteiger partial charge in [0.25, 0.3) is 5.91 Å². The van der Waals surface area contributed by atoms with Crippen LogP contribution >= 0.6 is 0 Å². The molecule has 146 valence electrons. The van der Waals surface area contributed by atoms with Gasteiger partial charge in [-0.1, -0.05) is 0 Å². The van der Waals surface area contributed by atoms with Gasteiger partial charge in [0, 0.05) is 5.56 Å². The Morgan fingerprint density at radius 2 is 1.82 bits per heavy atom. The van der Waals surface area contributed by atoms with E-state index in [0.29, 0.717) is 17.9 Å². The normalized spacial score (nSPS) is 10.9.